The summed E-state index contributed by atoms with van der Waals surface area (Å²) < 4.78 is 22.0. The van der Waals surface area contributed by atoms with Gasteiger partial charge >= 0.3 is 0 Å². The smallest absolute Gasteiger partial charge is 0.0845 e. The number of aliphatic hydroxyl groups is 2. The van der Waals surface area contributed by atoms with E-state index in [1.54, 1.807) is 0 Å². The second-order valence-corrected chi connectivity index (χ2v) is 6.74. The second kappa shape index (κ2) is 15.1. The average molecular weight is 405 g/mol. The lowest BCUT2D eigenvalue weighted by Crippen LogP contribution is -2.33. The monoisotopic (exact) mass is 404 g/mol. The molecule has 2 unspecified atom stereocenters. The highest BCUT2D eigenvalue weighted by molar-refractivity contribution is 5.14. The van der Waals surface area contributed by atoms with Crippen molar-refractivity contribution >= 4 is 0 Å². The van der Waals surface area contributed by atoms with Gasteiger partial charge in [0.1, 0.15) is 0 Å². The van der Waals surface area contributed by atoms with E-state index in [-0.39, 0.29) is 19.8 Å². The van der Waals surface area contributed by atoms with Gasteiger partial charge in [-0.15, -0.1) is 0 Å². The molecule has 0 aliphatic rings. The minimum Gasteiger partial charge on any atom is -0.396 e. The van der Waals surface area contributed by atoms with Gasteiger partial charge in [0, 0.05) is 5.92 Å². The molecule has 0 fully saturated rings. The van der Waals surface area contributed by atoms with E-state index in [0.717, 1.165) is 11.1 Å². The Morgan fingerprint density at radius 2 is 1.07 bits per heavy atom. The van der Waals surface area contributed by atoms with Crippen molar-refractivity contribution in [1.29, 1.82) is 0 Å². The van der Waals surface area contributed by atoms with Crippen molar-refractivity contribution in [3.63, 3.8) is 0 Å². The summed E-state index contributed by atoms with van der Waals surface area (Å²) in [5.74, 6) is -0.394. The van der Waals surface area contributed by atoms with E-state index >= 15 is 0 Å². The lowest BCUT2D eigenvalue weighted by Gasteiger charge is -2.21. The molecule has 0 amide bonds. The summed E-state index contributed by atoms with van der Waals surface area (Å²) in [5, 5.41) is 19.6. The molecule has 6 nitrogen and oxygen atoms in total. The third kappa shape index (κ3) is 10.5. The Hall–Kier alpha value is -1.80. The molecule has 2 aromatic carbocycles. The van der Waals surface area contributed by atoms with Crippen molar-refractivity contribution < 1.29 is 29.2 Å². The molecule has 0 aliphatic carbocycles. The molecule has 0 aromatic heterocycles. The molecule has 0 saturated heterocycles. The van der Waals surface area contributed by atoms with Crippen LogP contribution in [0.4, 0.5) is 0 Å². The van der Waals surface area contributed by atoms with E-state index in [9.17, 15) is 10.2 Å². The van der Waals surface area contributed by atoms with Crippen molar-refractivity contribution in [2.45, 2.75) is 19.3 Å². The van der Waals surface area contributed by atoms with Crippen LogP contribution in [0.1, 0.15) is 11.1 Å². The number of ether oxygens (including phenoxy) is 4. The predicted octanol–water partition coefficient (Wildman–Crippen LogP) is 2.42. The maximum absolute atomic E-state index is 10.2. The third-order valence-corrected chi connectivity index (χ3v) is 4.37. The number of hydrogen-bond acceptors (Lipinski definition) is 6. The van der Waals surface area contributed by atoms with E-state index in [1.807, 2.05) is 60.7 Å². The molecule has 0 spiro atoms. The first-order valence-corrected chi connectivity index (χ1v) is 9.97. The van der Waals surface area contributed by atoms with Gasteiger partial charge in [-0.25, -0.2) is 0 Å². The Morgan fingerprint density at radius 1 is 0.621 bits per heavy atom. The summed E-state index contributed by atoms with van der Waals surface area (Å²) >= 11 is 0. The van der Waals surface area contributed by atoms with Crippen molar-refractivity contribution in [1.82, 2.24) is 0 Å². The van der Waals surface area contributed by atoms with Crippen LogP contribution in [0.25, 0.3) is 0 Å². The standard InChI is InChI=1S/C23H32O6/c24-15-22(18-28-13-11-26-16-20-7-3-1-4-8-20)23(25)19-29-14-12-27-17-21-9-5-2-6-10-21/h1-10,22-25H,11-19H2. The topological polar surface area (TPSA) is 77.4 Å². The van der Waals surface area contributed by atoms with Gasteiger partial charge < -0.3 is 29.2 Å². The zero-order chi connectivity index (χ0) is 20.6. The van der Waals surface area contributed by atoms with E-state index < -0.39 is 12.0 Å². The largest absolute Gasteiger partial charge is 0.396 e. The summed E-state index contributed by atoms with van der Waals surface area (Å²) in [6.07, 6.45) is -0.792. The van der Waals surface area contributed by atoms with E-state index in [4.69, 9.17) is 18.9 Å². The molecule has 2 aromatic rings. The van der Waals surface area contributed by atoms with Crippen LogP contribution in [0, 0.1) is 5.92 Å². The fourth-order valence-electron chi connectivity index (χ4n) is 2.62. The van der Waals surface area contributed by atoms with E-state index in [2.05, 4.69) is 0 Å². The number of rotatable bonds is 16. The number of hydrogen-bond donors (Lipinski definition) is 2. The first kappa shape index (κ1) is 23.5. The molecule has 0 heterocycles. The van der Waals surface area contributed by atoms with Crippen LogP contribution in [-0.4, -0.2) is 62.6 Å². The Bertz CT molecular complexity index is 622. The van der Waals surface area contributed by atoms with Gasteiger partial charge in [-0.3, -0.25) is 0 Å². The first-order valence-electron chi connectivity index (χ1n) is 9.97. The zero-order valence-electron chi connectivity index (χ0n) is 16.8. The van der Waals surface area contributed by atoms with Gasteiger partial charge in [-0.05, 0) is 11.1 Å². The minimum atomic E-state index is -0.792. The van der Waals surface area contributed by atoms with Crippen LogP contribution < -0.4 is 0 Å². The van der Waals surface area contributed by atoms with Crippen molar-refractivity contribution in [2.24, 2.45) is 5.92 Å². The van der Waals surface area contributed by atoms with Gasteiger partial charge in [0.15, 0.2) is 0 Å². The van der Waals surface area contributed by atoms with Crippen LogP contribution in [0.3, 0.4) is 0 Å². The number of aliphatic hydroxyl groups excluding tert-OH is 2. The molecule has 0 radical (unpaired) electrons. The molecule has 2 rings (SSSR count). The maximum atomic E-state index is 10.2. The molecular weight excluding hydrogens is 372 g/mol. The van der Waals surface area contributed by atoms with Crippen LogP contribution >= 0.6 is 0 Å². The Morgan fingerprint density at radius 3 is 1.55 bits per heavy atom. The van der Waals surface area contributed by atoms with Crippen LogP contribution in [0.5, 0.6) is 0 Å². The Kier molecular flexibility index (Phi) is 12.2. The molecule has 0 saturated carbocycles. The minimum absolute atomic E-state index is 0.133. The Balaban J connectivity index is 1.46. The number of benzene rings is 2. The van der Waals surface area contributed by atoms with Gasteiger partial charge in [0.25, 0.3) is 0 Å². The summed E-state index contributed by atoms with van der Waals surface area (Å²) in [7, 11) is 0. The molecule has 2 N–H and O–H groups in total. The summed E-state index contributed by atoms with van der Waals surface area (Å²) in [6.45, 7) is 2.98. The molecule has 160 valence electrons. The normalized spacial score (nSPS) is 13.3. The second-order valence-electron chi connectivity index (χ2n) is 6.74. The molecule has 2 atom stereocenters. The molecule has 29 heavy (non-hydrogen) atoms. The zero-order valence-corrected chi connectivity index (χ0v) is 16.8. The van der Waals surface area contributed by atoms with Gasteiger partial charge in [0.05, 0.1) is 65.6 Å². The highest BCUT2D eigenvalue weighted by atomic mass is 16.5. The Labute approximate surface area is 173 Å². The first-order chi connectivity index (χ1) is 14.3. The van der Waals surface area contributed by atoms with Crippen molar-refractivity contribution in [3.05, 3.63) is 71.8 Å². The summed E-state index contributed by atoms with van der Waals surface area (Å²) in [4.78, 5) is 0. The fourth-order valence-corrected chi connectivity index (χ4v) is 2.62. The van der Waals surface area contributed by atoms with Gasteiger partial charge in [-0.2, -0.15) is 0 Å². The van der Waals surface area contributed by atoms with Gasteiger partial charge in [0.2, 0.25) is 0 Å². The van der Waals surface area contributed by atoms with Crippen LogP contribution in [0.15, 0.2) is 60.7 Å². The highest BCUT2D eigenvalue weighted by Gasteiger charge is 2.19. The molecular formula is C23H32O6. The fraction of sp³-hybridized carbons (Fsp3) is 0.478. The lowest BCUT2D eigenvalue weighted by atomic mass is 10.1. The van der Waals surface area contributed by atoms with Crippen molar-refractivity contribution in [2.75, 3.05) is 46.2 Å². The SMILES string of the molecule is OCC(COCCOCc1ccccc1)C(O)COCCOCc1ccccc1. The van der Waals surface area contributed by atoms with Gasteiger partial charge in [-0.1, -0.05) is 60.7 Å². The highest BCUT2D eigenvalue weighted by Crippen LogP contribution is 2.06. The van der Waals surface area contributed by atoms with Crippen LogP contribution in [-0.2, 0) is 32.2 Å². The van der Waals surface area contributed by atoms with E-state index in [1.165, 1.54) is 0 Å². The average Bonchev–Trinajstić information content (AvgIpc) is 2.77. The predicted molar refractivity (Wildman–Crippen MR) is 110 cm³/mol. The molecule has 6 heteroatoms. The lowest BCUT2D eigenvalue weighted by molar-refractivity contribution is -0.0571. The van der Waals surface area contributed by atoms with E-state index in [0.29, 0.717) is 39.6 Å². The van der Waals surface area contributed by atoms with Crippen LogP contribution in [0.2, 0.25) is 0 Å². The van der Waals surface area contributed by atoms with Crippen molar-refractivity contribution in [3.8, 4) is 0 Å². The summed E-state index contributed by atoms with van der Waals surface area (Å²) in [5.41, 5.74) is 2.22. The molecule has 0 aliphatic heterocycles. The molecule has 0 bridgehead atoms. The quantitative estimate of drug-likeness (QED) is 0.419. The third-order valence-electron chi connectivity index (χ3n) is 4.37. The summed E-state index contributed by atoms with van der Waals surface area (Å²) in [6, 6.07) is 19.8. The maximum Gasteiger partial charge on any atom is 0.0845 e.